The Morgan fingerprint density at radius 2 is 0.644 bits per heavy atom. The molecule has 0 saturated heterocycles. The maximum Gasteiger partial charge on any atom is 0.248 e. The summed E-state index contributed by atoms with van der Waals surface area (Å²) >= 11 is 0. The molecule has 0 unspecified atom stereocenters. The van der Waals surface area contributed by atoms with E-state index in [9.17, 15) is 33.6 Å². The van der Waals surface area contributed by atoms with E-state index in [2.05, 4.69) is 91.7 Å². The Bertz CT molecular complexity index is 3550. The molecule has 0 radical (unpaired) electrons. The predicted octanol–water partition coefficient (Wildman–Crippen LogP) is 2.51. The van der Waals surface area contributed by atoms with E-state index in [0.717, 1.165) is 38.5 Å². The largest absolute Gasteiger partial charge is 0.366 e. The number of nitrogens with two attached hydrogens (primary N) is 1. The number of H-pyrrole nitrogens is 6. The maximum atomic E-state index is 15.8. The predicted molar refractivity (Wildman–Crippen MR) is 369 cm³/mol. The molecule has 7 aromatic rings. The summed E-state index contributed by atoms with van der Waals surface area (Å²) in [5, 5.41) is 17.5. The third kappa shape index (κ3) is 24.5. The fraction of sp³-hybridized carbons (Fsp3) is 0.507. The first-order valence-corrected chi connectivity index (χ1v) is 34.9. The zero-order valence-corrected chi connectivity index (χ0v) is 57.7. The number of nitrogens with zero attached hydrogens (tertiary/aromatic N) is 9. The minimum atomic E-state index is -1.32. The average molecular weight is 1390 g/mol. The molecule has 32 nitrogen and oxygen atoms in total. The lowest BCUT2D eigenvalue weighted by Crippen LogP contribution is -2.57. The van der Waals surface area contributed by atoms with Crippen molar-refractivity contribution in [1.29, 1.82) is 0 Å². The number of imidazole rings is 6. The van der Waals surface area contributed by atoms with Gasteiger partial charge in [0.05, 0.1) is 38.0 Å². The van der Waals surface area contributed by atoms with Crippen LogP contribution in [0.4, 0.5) is 0 Å². The molecule has 7 heterocycles. The highest BCUT2D eigenvalue weighted by Crippen LogP contribution is 2.21. The molecule has 14 N–H and O–H groups in total. The monoisotopic (exact) mass is 1390 g/mol. The molecular weight excluding hydrogens is 1300 g/mol. The van der Waals surface area contributed by atoms with Crippen molar-refractivity contribution in [1.82, 2.24) is 106 Å². The zero-order valence-electron chi connectivity index (χ0n) is 57.7. The van der Waals surface area contributed by atoms with Gasteiger partial charge in [-0.15, -0.1) is 0 Å². The van der Waals surface area contributed by atoms with E-state index < -0.39 is 77.6 Å². The number of carbonyl (C=O) groups is 10. The molecule has 1 aliphatic rings. The first-order valence-electron chi connectivity index (χ1n) is 34.9. The van der Waals surface area contributed by atoms with Gasteiger partial charge in [0.1, 0.15) is 36.3 Å². The number of unbranched alkanes of at least 4 members (excludes halogenated alkanes) is 6. The molecule has 0 aliphatic carbocycles. The van der Waals surface area contributed by atoms with Crippen molar-refractivity contribution in [3.05, 3.63) is 144 Å². The number of fused-ring (bicyclic) bond motifs is 2. The van der Waals surface area contributed by atoms with E-state index in [-0.39, 0.29) is 133 Å². The quantitative estimate of drug-likeness (QED) is 0.0249. The summed E-state index contributed by atoms with van der Waals surface area (Å²) in [7, 11) is 0. The molecule has 6 atom stereocenters. The van der Waals surface area contributed by atoms with Crippen molar-refractivity contribution in [2.75, 3.05) is 26.2 Å². The Hall–Kier alpha value is -10.8. The standard InChI is InChI=1S/C69H96N22O10/c1-4-7-10-15-60(92)83-54(25-48-31-71-39-77-48)64(96)86-57(28-51-34-74-42-80-51)67(99)89-18-13-20-90(68(100)58(29-52-35-75-43-81-52)87-65(97)55(26-49-32-72-40-78-49)84-61(93)16-11-8-5-2)37-45-22-46(24-47(23-45)63(70)95)38-91(21-14-19-89)69(101)59(30-53-36-76-44-82-53)88-66(98)56(27-50-33-73-41-79-50)85-62(94)17-12-9-6-3/h22-24,31-36,39-44,54-59H,4-21,25-30,37-38H2,1-3H3,(H2,70,95)(H,71,77)(H,72,78)(H,73,79)(H,74,80)(H,75,81)(H,76,82)(H,83,92)(H,84,93)(H,85,94)(H,86,96)(H,87,97)(H,88,98)/t54-,55-,56-,57-,58-,59-/m0/s1. The summed E-state index contributed by atoms with van der Waals surface area (Å²) in [5.41, 5.74) is 10.0. The highest BCUT2D eigenvalue weighted by atomic mass is 16.2. The summed E-state index contributed by atoms with van der Waals surface area (Å²) in [6, 6.07) is -2.60. The first-order chi connectivity index (χ1) is 48.9. The van der Waals surface area contributed by atoms with E-state index >= 15 is 14.4 Å². The van der Waals surface area contributed by atoms with Crippen molar-refractivity contribution in [3.8, 4) is 0 Å². The molecule has 6 aromatic heterocycles. The number of rotatable bonds is 37. The van der Waals surface area contributed by atoms with Gasteiger partial charge in [0.25, 0.3) is 0 Å². The molecule has 0 spiro atoms. The smallest absolute Gasteiger partial charge is 0.248 e. The maximum absolute atomic E-state index is 15.8. The Labute approximate surface area is 585 Å². The number of amides is 10. The highest BCUT2D eigenvalue weighted by molar-refractivity contribution is 5.96. The number of carbonyl (C=O) groups excluding carboxylic acids is 10. The van der Waals surface area contributed by atoms with Crippen LogP contribution in [0.3, 0.4) is 0 Å². The van der Waals surface area contributed by atoms with Crippen LogP contribution in [0.15, 0.2) is 93.3 Å². The number of hydrogen-bond acceptors (Lipinski definition) is 16. The van der Waals surface area contributed by atoms with Gasteiger partial charge in [0.15, 0.2) is 0 Å². The number of nitrogens with one attached hydrogen (secondary N) is 12. The third-order valence-electron chi connectivity index (χ3n) is 17.4. The molecule has 8 rings (SSSR count). The van der Waals surface area contributed by atoms with Crippen molar-refractivity contribution in [3.63, 3.8) is 0 Å². The van der Waals surface area contributed by atoms with Crippen molar-refractivity contribution in [2.24, 2.45) is 5.73 Å². The van der Waals surface area contributed by atoms with Crippen molar-refractivity contribution < 1.29 is 47.9 Å². The lowest BCUT2D eigenvalue weighted by Gasteiger charge is -2.33. The van der Waals surface area contributed by atoms with Gasteiger partial charge < -0.3 is 82.2 Å². The normalized spacial score (nSPS) is 14.6. The molecule has 2 bridgehead atoms. The van der Waals surface area contributed by atoms with Gasteiger partial charge in [0, 0.05) is 174 Å². The van der Waals surface area contributed by atoms with Crippen LogP contribution in [0.5, 0.6) is 0 Å². The number of primary amides is 1. The van der Waals surface area contributed by atoms with Gasteiger partial charge in [-0.2, -0.15) is 0 Å². The fourth-order valence-electron chi connectivity index (χ4n) is 12.1. The van der Waals surface area contributed by atoms with Gasteiger partial charge in [-0.3, -0.25) is 47.9 Å². The van der Waals surface area contributed by atoms with E-state index in [1.807, 2.05) is 20.8 Å². The number of benzene rings is 1. The lowest BCUT2D eigenvalue weighted by molar-refractivity contribution is -0.139. The second-order valence-electron chi connectivity index (χ2n) is 25.6. The number of aromatic nitrogens is 12. The van der Waals surface area contributed by atoms with Crippen LogP contribution in [-0.2, 0) is 94.8 Å². The minimum Gasteiger partial charge on any atom is -0.366 e. The van der Waals surface area contributed by atoms with Crippen LogP contribution < -0.4 is 37.6 Å². The molecule has 101 heavy (non-hydrogen) atoms. The fourth-order valence-corrected chi connectivity index (χ4v) is 12.1. The average Bonchev–Trinajstić information content (AvgIpc) is 1.32. The van der Waals surface area contributed by atoms with Crippen LogP contribution in [0, 0.1) is 0 Å². The zero-order chi connectivity index (χ0) is 71.9. The molecule has 1 aromatic carbocycles. The molecule has 542 valence electrons. The van der Waals surface area contributed by atoms with E-state index in [4.69, 9.17) is 5.73 Å². The molecule has 1 aliphatic heterocycles. The summed E-state index contributed by atoms with van der Waals surface area (Å²) in [4.78, 5) is 193. The second kappa shape index (κ2) is 39.7. The summed E-state index contributed by atoms with van der Waals surface area (Å²) in [6.45, 7) is 5.38. The summed E-state index contributed by atoms with van der Waals surface area (Å²) in [5.74, 6) is -5.63. The molecule has 0 fully saturated rings. The molecule has 10 amide bonds. The number of aromatic amines is 6. The van der Waals surface area contributed by atoms with Crippen LogP contribution in [0.2, 0.25) is 0 Å². The Kier molecular flexibility index (Phi) is 29.8. The summed E-state index contributed by atoms with van der Waals surface area (Å²) in [6.07, 6.45) is 25.0. The topological polar surface area (TPSA) is 451 Å². The second-order valence-corrected chi connectivity index (χ2v) is 25.6. The van der Waals surface area contributed by atoms with Gasteiger partial charge in [-0.05, 0) is 55.4 Å². The minimum absolute atomic E-state index is 0.00666. The van der Waals surface area contributed by atoms with Gasteiger partial charge in [0.2, 0.25) is 59.1 Å². The molecule has 0 saturated carbocycles. The van der Waals surface area contributed by atoms with E-state index in [1.54, 1.807) is 12.3 Å². The van der Waals surface area contributed by atoms with E-state index in [1.165, 1.54) is 95.8 Å². The van der Waals surface area contributed by atoms with Crippen LogP contribution >= 0.6 is 0 Å². The van der Waals surface area contributed by atoms with E-state index in [0.29, 0.717) is 64.6 Å². The van der Waals surface area contributed by atoms with Gasteiger partial charge in [-0.1, -0.05) is 65.4 Å². The highest BCUT2D eigenvalue weighted by Gasteiger charge is 2.36. The summed E-state index contributed by atoms with van der Waals surface area (Å²) < 4.78 is 0. The van der Waals surface area contributed by atoms with Crippen molar-refractivity contribution in [2.45, 2.75) is 199 Å². The lowest BCUT2D eigenvalue weighted by atomic mass is 10.0. The molecule has 32 heteroatoms. The van der Waals surface area contributed by atoms with Gasteiger partial charge >= 0.3 is 0 Å². The van der Waals surface area contributed by atoms with Crippen LogP contribution in [-0.4, -0.2) is 196 Å². The Morgan fingerprint density at radius 3 is 0.901 bits per heavy atom. The van der Waals surface area contributed by atoms with Crippen LogP contribution in [0.25, 0.3) is 0 Å². The SMILES string of the molecule is CCCCCC(=O)N[C@@H](Cc1cnc[nH]1)C(=O)N[C@@H](Cc1cnc[nH]1)C(=O)N1CCCN(C(=O)[C@H](Cc2cnc[nH]2)NC(=O)[C@H](Cc2cnc[nH]2)NC(=O)CCCCC)Cc2cc(cc(C(N)=O)c2)CN(C(=O)[C@H](Cc2cnc[nH]2)NC(=O)[C@H](Cc2cnc[nH]2)NC(=O)CCCCC)CCC1. The van der Waals surface area contributed by atoms with Crippen LogP contribution in [0.1, 0.15) is 166 Å². The Balaban J connectivity index is 1.18. The number of hydrogen-bond donors (Lipinski definition) is 13. The molecular formula is C69H96N22O10. The first kappa shape index (κ1) is 75.9. The Morgan fingerprint density at radius 1 is 0.376 bits per heavy atom. The van der Waals surface area contributed by atoms with Crippen molar-refractivity contribution >= 4 is 59.1 Å². The van der Waals surface area contributed by atoms with Gasteiger partial charge in [-0.25, -0.2) is 29.9 Å². The third-order valence-corrected chi connectivity index (χ3v) is 17.4.